The van der Waals surface area contributed by atoms with Crippen LogP contribution in [0.25, 0.3) is 0 Å². The molecule has 0 aliphatic rings. The normalized spacial score (nSPS) is 10.8. The van der Waals surface area contributed by atoms with E-state index in [1.54, 1.807) is 18.2 Å². The fourth-order valence-electron chi connectivity index (χ4n) is 1.48. The SMILES string of the molecule is CC(C)Nc1nnc(SCC(=O)Nc2cc(Cl)ccc2Cl)s1. The van der Waals surface area contributed by atoms with Gasteiger partial charge in [0.1, 0.15) is 0 Å². The molecular formula is C13H14Cl2N4OS2. The van der Waals surface area contributed by atoms with Crippen LogP contribution in [0.1, 0.15) is 13.8 Å². The molecule has 0 unspecified atom stereocenters. The number of carbonyl (C=O) groups is 1. The lowest BCUT2D eigenvalue weighted by Crippen LogP contribution is -2.14. The summed E-state index contributed by atoms with van der Waals surface area (Å²) in [5.74, 6) is 0.0434. The number of hydrogen-bond donors (Lipinski definition) is 2. The highest BCUT2D eigenvalue weighted by molar-refractivity contribution is 8.01. The fraction of sp³-hybridized carbons (Fsp3) is 0.308. The summed E-state index contributed by atoms with van der Waals surface area (Å²) in [6.07, 6.45) is 0. The first-order valence-corrected chi connectivity index (χ1v) is 8.97. The molecule has 0 aliphatic carbocycles. The Balaban J connectivity index is 1.87. The first-order valence-electron chi connectivity index (χ1n) is 6.42. The maximum atomic E-state index is 11.9. The largest absolute Gasteiger partial charge is 0.358 e. The van der Waals surface area contributed by atoms with Gasteiger partial charge < -0.3 is 10.6 Å². The monoisotopic (exact) mass is 376 g/mol. The Morgan fingerprint density at radius 1 is 1.36 bits per heavy atom. The van der Waals surface area contributed by atoms with Crippen molar-refractivity contribution in [2.45, 2.75) is 24.2 Å². The Bertz CT molecular complexity index is 663. The molecule has 2 rings (SSSR count). The number of halogens is 2. The zero-order valence-electron chi connectivity index (χ0n) is 11.9. The molecular weight excluding hydrogens is 363 g/mol. The van der Waals surface area contributed by atoms with E-state index in [0.29, 0.717) is 21.8 Å². The van der Waals surface area contributed by atoms with E-state index in [4.69, 9.17) is 23.2 Å². The van der Waals surface area contributed by atoms with E-state index in [1.807, 2.05) is 13.8 Å². The third kappa shape index (κ3) is 5.31. The lowest BCUT2D eigenvalue weighted by atomic mass is 10.3. The maximum absolute atomic E-state index is 11.9. The van der Waals surface area contributed by atoms with Crippen molar-refractivity contribution < 1.29 is 4.79 Å². The van der Waals surface area contributed by atoms with Crippen LogP contribution in [0.4, 0.5) is 10.8 Å². The number of thioether (sulfide) groups is 1. The van der Waals surface area contributed by atoms with Gasteiger partial charge in [0.2, 0.25) is 11.0 Å². The molecule has 1 aromatic carbocycles. The molecule has 22 heavy (non-hydrogen) atoms. The summed E-state index contributed by atoms with van der Waals surface area (Å²) in [4.78, 5) is 11.9. The third-order valence-corrected chi connectivity index (χ3v) is 4.90. The molecule has 1 aromatic heterocycles. The second-order valence-electron chi connectivity index (χ2n) is 4.63. The highest BCUT2D eigenvalue weighted by atomic mass is 35.5. The average molecular weight is 377 g/mol. The lowest BCUT2D eigenvalue weighted by Gasteiger charge is -2.06. The molecule has 9 heteroatoms. The summed E-state index contributed by atoms with van der Waals surface area (Å²) in [6, 6.07) is 5.21. The van der Waals surface area contributed by atoms with Gasteiger partial charge in [-0.3, -0.25) is 4.79 Å². The van der Waals surface area contributed by atoms with Crippen molar-refractivity contribution in [3.05, 3.63) is 28.2 Å². The smallest absolute Gasteiger partial charge is 0.234 e. The number of aromatic nitrogens is 2. The number of hydrogen-bond acceptors (Lipinski definition) is 6. The summed E-state index contributed by atoms with van der Waals surface area (Å²) in [6.45, 7) is 4.05. The summed E-state index contributed by atoms with van der Waals surface area (Å²) in [5, 5.41) is 15.6. The van der Waals surface area contributed by atoms with Gasteiger partial charge in [0.25, 0.3) is 0 Å². The molecule has 5 nitrogen and oxygen atoms in total. The van der Waals surface area contributed by atoms with Crippen LogP contribution in [-0.2, 0) is 4.79 Å². The molecule has 2 aromatic rings. The van der Waals surface area contributed by atoms with Crippen molar-refractivity contribution in [3.63, 3.8) is 0 Å². The molecule has 2 N–H and O–H groups in total. The highest BCUT2D eigenvalue weighted by Gasteiger charge is 2.10. The molecule has 0 radical (unpaired) electrons. The summed E-state index contributed by atoms with van der Waals surface area (Å²) in [5.41, 5.74) is 0.499. The van der Waals surface area contributed by atoms with E-state index in [2.05, 4.69) is 20.8 Å². The van der Waals surface area contributed by atoms with Crippen LogP contribution < -0.4 is 10.6 Å². The number of nitrogens with one attached hydrogen (secondary N) is 2. The predicted octanol–water partition coefficient (Wildman–Crippen LogP) is 4.40. The van der Waals surface area contributed by atoms with Gasteiger partial charge >= 0.3 is 0 Å². The van der Waals surface area contributed by atoms with Crippen LogP contribution in [0.3, 0.4) is 0 Å². The van der Waals surface area contributed by atoms with Crippen LogP contribution in [0, 0.1) is 0 Å². The van der Waals surface area contributed by atoms with Gasteiger partial charge in [-0.25, -0.2) is 0 Å². The quantitative estimate of drug-likeness (QED) is 0.731. The van der Waals surface area contributed by atoms with Crippen LogP contribution in [0.2, 0.25) is 10.0 Å². The topological polar surface area (TPSA) is 66.9 Å². The number of rotatable bonds is 6. The molecule has 0 saturated carbocycles. The van der Waals surface area contributed by atoms with Crippen LogP contribution >= 0.6 is 46.3 Å². The van der Waals surface area contributed by atoms with E-state index < -0.39 is 0 Å². The standard InChI is InChI=1S/C13H14Cl2N4OS2/c1-7(2)16-12-18-19-13(22-12)21-6-11(20)17-10-5-8(14)3-4-9(10)15/h3-5,7H,6H2,1-2H3,(H,16,18)(H,17,20). The van der Waals surface area contributed by atoms with Gasteiger partial charge in [0, 0.05) is 11.1 Å². The van der Waals surface area contributed by atoms with Crippen molar-refractivity contribution in [2.24, 2.45) is 0 Å². The Hall–Kier alpha value is -1.02. The second kappa shape index (κ2) is 8.01. The van der Waals surface area contributed by atoms with E-state index in [-0.39, 0.29) is 11.7 Å². The molecule has 0 bridgehead atoms. The Morgan fingerprint density at radius 3 is 2.86 bits per heavy atom. The lowest BCUT2D eigenvalue weighted by molar-refractivity contribution is -0.113. The third-order valence-electron chi connectivity index (χ3n) is 2.35. The number of amides is 1. The van der Waals surface area contributed by atoms with Crippen molar-refractivity contribution in [1.29, 1.82) is 0 Å². The minimum absolute atomic E-state index is 0.178. The second-order valence-corrected chi connectivity index (χ2v) is 7.68. The minimum Gasteiger partial charge on any atom is -0.358 e. The van der Waals surface area contributed by atoms with E-state index in [0.717, 1.165) is 9.47 Å². The van der Waals surface area contributed by atoms with Gasteiger partial charge in [-0.15, -0.1) is 10.2 Å². The number of nitrogens with zero attached hydrogens (tertiary/aromatic N) is 2. The van der Waals surface area contributed by atoms with Crippen molar-refractivity contribution in [2.75, 3.05) is 16.4 Å². The molecule has 0 saturated heterocycles. The molecule has 0 fully saturated rings. The number of anilines is 2. The predicted molar refractivity (Wildman–Crippen MR) is 94.5 cm³/mol. The van der Waals surface area contributed by atoms with Crippen LogP contribution in [-0.4, -0.2) is 27.9 Å². The Labute approximate surface area is 146 Å². The first-order chi connectivity index (χ1) is 10.4. The fourth-order valence-corrected chi connectivity index (χ4v) is 3.52. The first kappa shape index (κ1) is 17.3. The molecule has 1 heterocycles. The molecule has 0 spiro atoms. The maximum Gasteiger partial charge on any atom is 0.234 e. The van der Waals surface area contributed by atoms with Crippen LogP contribution in [0.5, 0.6) is 0 Å². The van der Waals surface area contributed by atoms with Gasteiger partial charge in [0.05, 0.1) is 16.5 Å². The van der Waals surface area contributed by atoms with Crippen molar-refractivity contribution in [1.82, 2.24) is 10.2 Å². The highest BCUT2D eigenvalue weighted by Crippen LogP contribution is 2.28. The molecule has 118 valence electrons. The zero-order chi connectivity index (χ0) is 16.1. The van der Waals surface area contributed by atoms with Crippen molar-refractivity contribution in [3.8, 4) is 0 Å². The molecule has 0 atom stereocenters. The minimum atomic E-state index is -0.178. The molecule has 1 amide bonds. The summed E-state index contributed by atoms with van der Waals surface area (Å²) < 4.78 is 0.732. The summed E-state index contributed by atoms with van der Waals surface area (Å²) in [7, 11) is 0. The van der Waals surface area contributed by atoms with Gasteiger partial charge in [-0.1, -0.05) is 46.3 Å². The number of benzene rings is 1. The van der Waals surface area contributed by atoms with Crippen LogP contribution in [0.15, 0.2) is 22.5 Å². The molecule has 0 aliphatic heterocycles. The average Bonchev–Trinajstić information content (AvgIpc) is 2.87. The van der Waals surface area contributed by atoms with Crippen molar-refractivity contribution >= 4 is 63.0 Å². The van der Waals surface area contributed by atoms with E-state index >= 15 is 0 Å². The van der Waals surface area contributed by atoms with Gasteiger partial charge in [-0.2, -0.15) is 0 Å². The van der Waals surface area contributed by atoms with E-state index in [9.17, 15) is 4.79 Å². The number of carbonyl (C=O) groups excluding carboxylic acids is 1. The zero-order valence-corrected chi connectivity index (χ0v) is 15.0. The van der Waals surface area contributed by atoms with Gasteiger partial charge in [0.15, 0.2) is 4.34 Å². The summed E-state index contributed by atoms with van der Waals surface area (Å²) >= 11 is 14.6. The van der Waals surface area contributed by atoms with E-state index in [1.165, 1.54) is 23.1 Å². The Kier molecular flexibility index (Phi) is 6.31. The van der Waals surface area contributed by atoms with Gasteiger partial charge in [-0.05, 0) is 32.0 Å². The Morgan fingerprint density at radius 2 is 2.14 bits per heavy atom.